The Bertz CT molecular complexity index is 807. The van der Waals surface area contributed by atoms with E-state index in [9.17, 15) is 4.79 Å². The van der Waals surface area contributed by atoms with Gasteiger partial charge in [-0.3, -0.25) is 4.79 Å². The first-order valence-corrected chi connectivity index (χ1v) is 9.11. The molecule has 3 heterocycles. The highest BCUT2D eigenvalue weighted by Crippen LogP contribution is 2.34. The third-order valence-corrected chi connectivity index (χ3v) is 6.13. The van der Waals surface area contributed by atoms with Gasteiger partial charge in [0.25, 0.3) is 5.56 Å². The van der Waals surface area contributed by atoms with Crippen LogP contribution in [0.5, 0.6) is 0 Å². The van der Waals surface area contributed by atoms with E-state index < -0.39 is 0 Å². The first-order chi connectivity index (χ1) is 9.65. The molecule has 0 aliphatic rings. The van der Waals surface area contributed by atoms with Crippen LogP contribution in [0, 0.1) is 6.92 Å². The van der Waals surface area contributed by atoms with E-state index in [1.165, 1.54) is 45.0 Å². The molecule has 3 rings (SSSR count). The second-order valence-electron chi connectivity index (χ2n) is 3.67. The molecule has 0 amide bonds. The third kappa shape index (κ3) is 2.87. The summed E-state index contributed by atoms with van der Waals surface area (Å²) in [7, 11) is 0. The number of hydrogen-bond acceptors (Lipinski definition) is 9. The fraction of sp³-hybridized carbons (Fsp3) is 0.300. The van der Waals surface area contributed by atoms with Crippen molar-refractivity contribution in [1.29, 1.82) is 0 Å². The molecule has 0 fully saturated rings. The molecule has 20 heavy (non-hydrogen) atoms. The zero-order chi connectivity index (χ0) is 14.1. The Balaban J connectivity index is 1.90. The van der Waals surface area contributed by atoms with Gasteiger partial charge in [0.15, 0.2) is 13.0 Å². The lowest BCUT2D eigenvalue weighted by molar-refractivity contribution is 0.850. The summed E-state index contributed by atoms with van der Waals surface area (Å²) in [5.74, 6) is 0.971. The van der Waals surface area contributed by atoms with Crippen molar-refractivity contribution in [2.45, 2.75) is 26.9 Å². The molecule has 0 unspecified atom stereocenters. The maximum atomic E-state index is 11.8. The van der Waals surface area contributed by atoms with E-state index in [4.69, 9.17) is 0 Å². The second kappa shape index (κ2) is 5.80. The van der Waals surface area contributed by atoms with Gasteiger partial charge in [-0.05, 0) is 24.4 Å². The zero-order valence-corrected chi connectivity index (χ0v) is 13.8. The van der Waals surface area contributed by atoms with Gasteiger partial charge in [-0.2, -0.15) is 4.52 Å². The minimum absolute atomic E-state index is 0.157. The van der Waals surface area contributed by atoms with Crippen molar-refractivity contribution < 1.29 is 0 Å². The summed E-state index contributed by atoms with van der Waals surface area (Å²) in [6.07, 6.45) is 0. The molecule has 0 radical (unpaired) electrons. The number of nitrogens with zero attached hydrogens (tertiary/aromatic N) is 5. The van der Waals surface area contributed by atoms with Gasteiger partial charge in [0, 0.05) is 11.8 Å². The normalized spacial score (nSPS) is 11.3. The van der Waals surface area contributed by atoms with Gasteiger partial charge in [0.2, 0.25) is 4.96 Å². The minimum Gasteiger partial charge on any atom is -0.267 e. The number of hydrogen-bond donors (Lipinski definition) is 0. The number of thioether (sulfide) groups is 1. The molecule has 0 aliphatic heterocycles. The van der Waals surface area contributed by atoms with Crippen molar-refractivity contribution in [2.24, 2.45) is 0 Å². The highest BCUT2D eigenvalue weighted by Gasteiger charge is 2.12. The molecule has 0 spiro atoms. The average Bonchev–Trinajstić information content (AvgIpc) is 2.97. The van der Waals surface area contributed by atoms with Crippen LogP contribution >= 0.6 is 46.2 Å². The summed E-state index contributed by atoms with van der Waals surface area (Å²) in [6.45, 7) is 3.87. The van der Waals surface area contributed by atoms with Crippen LogP contribution in [0.15, 0.2) is 23.9 Å². The van der Waals surface area contributed by atoms with Gasteiger partial charge in [0.1, 0.15) is 0 Å². The molecule has 6 nitrogen and oxygen atoms in total. The number of fused-ring (bicyclic) bond motifs is 1. The van der Waals surface area contributed by atoms with E-state index in [1.54, 1.807) is 18.7 Å². The Kier molecular flexibility index (Phi) is 4.06. The van der Waals surface area contributed by atoms with Crippen LogP contribution in [-0.2, 0) is 0 Å². The molecule has 0 atom stereocenters. The molecule has 104 valence electrons. The van der Waals surface area contributed by atoms with Gasteiger partial charge in [-0.25, -0.2) is 4.98 Å². The number of aryl methyl sites for hydroxylation is 1. The van der Waals surface area contributed by atoms with Gasteiger partial charge in [-0.1, -0.05) is 41.4 Å². The lowest BCUT2D eigenvalue weighted by atomic mass is 10.5. The molecule has 10 heteroatoms. The van der Waals surface area contributed by atoms with E-state index in [-0.39, 0.29) is 5.56 Å². The fourth-order valence-corrected chi connectivity index (χ4v) is 5.55. The molecule has 0 saturated heterocycles. The molecular weight excluding hydrogens is 334 g/mol. The van der Waals surface area contributed by atoms with Gasteiger partial charge in [0.05, 0.1) is 0 Å². The van der Waals surface area contributed by atoms with Crippen molar-refractivity contribution in [3.8, 4) is 0 Å². The lowest BCUT2D eigenvalue weighted by Crippen LogP contribution is -2.14. The standard InChI is InChI=1S/C10H9N5OS4/c1-3-17-8-12-13-9(19-8)20-10-14-15-6(16)4-5(2)11-7(15)18-10/h4H,3H2,1-2H3. The molecule has 3 aromatic heterocycles. The maximum absolute atomic E-state index is 11.8. The summed E-state index contributed by atoms with van der Waals surface area (Å²) >= 11 is 5.99. The summed E-state index contributed by atoms with van der Waals surface area (Å²) in [4.78, 5) is 16.7. The smallest absolute Gasteiger partial charge is 0.267 e. The maximum Gasteiger partial charge on any atom is 0.275 e. The highest BCUT2D eigenvalue weighted by molar-refractivity contribution is 8.04. The highest BCUT2D eigenvalue weighted by atomic mass is 32.2. The molecular formula is C10H9N5OS4. The van der Waals surface area contributed by atoms with E-state index in [2.05, 4.69) is 27.2 Å². The van der Waals surface area contributed by atoms with Gasteiger partial charge in [-0.15, -0.1) is 15.3 Å². The Morgan fingerprint density at radius 1 is 1.25 bits per heavy atom. The molecule has 0 aliphatic carbocycles. The quantitative estimate of drug-likeness (QED) is 0.674. The molecule has 0 N–H and O–H groups in total. The largest absolute Gasteiger partial charge is 0.275 e. The summed E-state index contributed by atoms with van der Waals surface area (Å²) in [5, 5.41) is 12.5. The first kappa shape index (κ1) is 14.0. The van der Waals surface area contributed by atoms with E-state index in [0.29, 0.717) is 10.7 Å². The van der Waals surface area contributed by atoms with E-state index in [1.807, 2.05) is 0 Å². The molecule has 0 saturated carbocycles. The summed E-state index contributed by atoms with van der Waals surface area (Å²) < 4.78 is 3.83. The van der Waals surface area contributed by atoms with Crippen LogP contribution < -0.4 is 5.56 Å². The monoisotopic (exact) mass is 343 g/mol. The summed E-state index contributed by atoms with van der Waals surface area (Å²) in [5.41, 5.74) is 0.544. The fourth-order valence-electron chi connectivity index (χ4n) is 1.44. The van der Waals surface area contributed by atoms with Crippen LogP contribution in [0.2, 0.25) is 0 Å². The van der Waals surface area contributed by atoms with Crippen LogP contribution in [0.4, 0.5) is 0 Å². The van der Waals surface area contributed by atoms with Crippen LogP contribution in [0.3, 0.4) is 0 Å². The minimum atomic E-state index is -0.157. The van der Waals surface area contributed by atoms with Crippen LogP contribution in [-0.4, -0.2) is 30.5 Å². The molecule has 3 aromatic rings. The van der Waals surface area contributed by atoms with Crippen molar-refractivity contribution in [1.82, 2.24) is 24.8 Å². The predicted molar refractivity (Wildman–Crippen MR) is 82.3 cm³/mol. The van der Waals surface area contributed by atoms with E-state index >= 15 is 0 Å². The second-order valence-corrected chi connectivity index (χ2v) is 8.61. The average molecular weight is 343 g/mol. The Labute approximate surface area is 130 Å². The lowest BCUT2D eigenvalue weighted by Gasteiger charge is -1.89. The zero-order valence-electron chi connectivity index (χ0n) is 10.6. The van der Waals surface area contributed by atoms with Crippen molar-refractivity contribution in [3.05, 3.63) is 22.1 Å². The number of aromatic nitrogens is 5. The Morgan fingerprint density at radius 3 is 2.85 bits per heavy atom. The molecule has 0 bridgehead atoms. The Morgan fingerprint density at radius 2 is 2.05 bits per heavy atom. The van der Waals surface area contributed by atoms with Gasteiger partial charge < -0.3 is 0 Å². The Hall–Kier alpha value is -0.970. The third-order valence-electron chi connectivity index (χ3n) is 2.18. The summed E-state index contributed by atoms with van der Waals surface area (Å²) in [6, 6.07) is 1.47. The topological polar surface area (TPSA) is 73.0 Å². The van der Waals surface area contributed by atoms with Crippen molar-refractivity contribution >= 4 is 51.2 Å². The van der Waals surface area contributed by atoms with Crippen LogP contribution in [0.25, 0.3) is 4.96 Å². The van der Waals surface area contributed by atoms with E-state index in [0.717, 1.165) is 18.8 Å². The predicted octanol–water partition coefficient (Wildman–Crippen LogP) is 2.57. The van der Waals surface area contributed by atoms with Crippen molar-refractivity contribution in [2.75, 3.05) is 5.75 Å². The number of rotatable bonds is 4. The SMILES string of the molecule is CCSc1nnc(Sc2nn3c(=O)cc(C)nc3s2)s1. The van der Waals surface area contributed by atoms with Gasteiger partial charge >= 0.3 is 0 Å². The van der Waals surface area contributed by atoms with Crippen molar-refractivity contribution in [3.63, 3.8) is 0 Å². The first-order valence-electron chi connectivity index (χ1n) is 5.67. The van der Waals surface area contributed by atoms with Crippen LogP contribution in [0.1, 0.15) is 12.6 Å². The molecule has 0 aromatic carbocycles.